The van der Waals surface area contributed by atoms with Crippen molar-refractivity contribution in [3.8, 4) is 0 Å². The Bertz CT molecular complexity index is 515. The minimum absolute atomic E-state index is 0.499. The van der Waals surface area contributed by atoms with Crippen LogP contribution >= 0.6 is 0 Å². The fourth-order valence-electron chi connectivity index (χ4n) is 2.46. The van der Waals surface area contributed by atoms with Crippen molar-refractivity contribution in [1.82, 2.24) is 0 Å². The fraction of sp³-hybridized carbons (Fsp3) is 0.250. The van der Waals surface area contributed by atoms with Crippen molar-refractivity contribution in [2.24, 2.45) is 0 Å². The van der Waals surface area contributed by atoms with E-state index >= 15 is 0 Å². The normalized spacial score (nSPS) is 19.7. The van der Waals surface area contributed by atoms with Gasteiger partial charge in [-0.1, -0.05) is 13.8 Å². The fourth-order valence-corrected chi connectivity index (χ4v) is 2.46. The van der Waals surface area contributed by atoms with Gasteiger partial charge in [0.25, 0.3) is 0 Å². The monoisotopic (exact) mass is 256 g/mol. The highest BCUT2D eigenvalue weighted by Gasteiger charge is 2.38. The van der Waals surface area contributed by atoms with Gasteiger partial charge in [-0.05, 0) is 16.7 Å². The lowest BCUT2D eigenvalue weighted by Crippen LogP contribution is -2.39. The van der Waals surface area contributed by atoms with E-state index in [0.29, 0.717) is 5.37 Å². The van der Waals surface area contributed by atoms with Crippen molar-refractivity contribution < 1.29 is 0 Å². The zero-order chi connectivity index (χ0) is 17.2. The highest BCUT2D eigenvalue weighted by molar-refractivity contribution is 7.68. The van der Waals surface area contributed by atoms with E-state index in [9.17, 15) is 0 Å². The molecule has 0 bridgehead atoms. The highest BCUT2D eigenvalue weighted by atomic mass is 14.3. The summed E-state index contributed by atoms with van der Waals surface area (Å²) >= 11 is 0. The van der Waals surface area contributed by atoms with Crippen LogP contribution in [0.5, 0.6) is 0 Å². The molecule has 0 aromatic rings. The van der Waals surface area contributed by atoms with Crippen molar-refractivity contribution in [3.63, 3.8) is 0 Å². The van der Waals surface area contributed by atoms with Crippen LogP contribution in [0.2, 0.25) is 0 Å². The summed E-state index contributed by atoms with van der Waals surface area (Å²) in [5, 5.41) is 0.630. The van der Waals surface area contributed by atoms with Crippen LogP contribution in [0.4, 0.5) is 0 Å². The van der Waals surface area contributed by atoms with E-state index in [4.69, 9.17) is 61.9 Å². The summed E-state index contributed by atoms with van der Waals surface area (Å²) in [6.45, 7) is 1.92. The maximum Gasteiger partial charge on any atom is 0.0906 e. The second-order valence-corrected chi connectivity index (χ2v) is 5.46. The Morgan fingerprint density at radius 2 is 1.41 bits per heavy atom. The lowest BCUT2D eigenvalue weighted by atomic mass is 8.86. The predicted molar refractivity (Wildman–Crippen MR) is 113 cm³/mol. The van der Waals surface area contributed by atoms with Gasteiger partial charge in [0.1, 0.15) is 0 Å². The zero-order valence-corrected chi connectivity index (χ0v) is 13.1. The average molecular weight is 254 g/mol. The molecule has 1 fully saturated rings. The predicted octanol–water partition coefficient (Wildman–Crippen LogP) is -3.37. The molecule has 0 nitrogen and oxygen atoms in total. The van der Waals surface area contributed by atoms with Gasteiger partial charge < -0.3 is 0 Å². The molecule has 14 heteroatoms. The largest absolute Gasteiger partial charge is 0.157 e. The molecule has 0 saturated heterocycles. The number of hydrogen-bond acceptors (Lipinski definition) is 0. The van der Waals surface area contributed by atoms with Crippen LogP contribution in [-0.2, 0) is 0 Å². The Morgan fingerprint density at radius 3 is 1.77 bits per heavy atom. The van der Waals surface area contributed by atoms with E-state index in [2.05, 4.69) is 0 Å². The van der Waals surface area contributed by atoms with Gasteiger partial charge >= 0.3 is 0 Å². The van der Waals surface area contributed by atoms with E-state index in [1.165, 1.54) is 14.2 Å². The maximum absolute atomic E-state index is 6.03. The molecule has 0 heterocycles. The molecule has 0 N–H and O–H groups in total. The number of allylic oxidation sites excluding steroid dienone is 5. The molecule has 1 saturated carbocycles. The van der Waals surface area contributed by atoms with Crippen molar-refractivity contribution in [2.45, 2.75) is 13.8 Å². The molecule has 22 heavy (non-hydrogen) atoms. The van der Waals surface area contributed by atoms with Crippen molar-refractivity contribution in [3.05, 3.63) is 33.0 Å². The molecule has 0 unspecified atom stereocenters. The lowest BCUT2D eigenvalue weighted by Gasteiger charge is -2.16. The summed E-state index contributed by atoms with van der Waals surface area (Å²) in [6, 6.07) is 0. The van der Waals surface area contributed by atoms with E-state index in [0.717, 1.165) is 27.7 Å². The first kappa shape index (κ1) is 20.2. The second kappa shape index (κ2) is 8.29. The average Bonchev–Trinajstić information content (AvgIpc) is 3.18. The smallest absolute Gasteiger partial charge is 0.0906 e. The van der Waals surface area contributed by atoms with E-state index in [1.54, 1.807) is 0 Å². The van der Waals surface area contributed by atoms with Gasteiger partial charge in [-0.25, -0.2) is 0 Å². The first-order valence-corrected chi connectivity index (χ1v) is 6.99. The molecule has 0 spiro atoms. The van der Waals surface area contributed by atoms with Crippen molar-refractivity contribution in [1.29, 1.82) is 0 Å². The summed E-state index contributed by atoms with van der Waals surface area (Å²) < 4.78 is 0. The summed E-state index contributed by atoms with van der Waals surface area (Å²) in [6.07, 6.45) is -0.678. The summed E-state index contributed by atoms with van der Waals surface area (Å²) in [7, 11) is 49.1. The molecule has 80 valence electrons. The molecule has 0 aromatic carbocycles. The van der Waals surface area contributed by atoms with Gasteiger partial charge in [0, 0.05) is 75.3 Å². The highest BCUT2D eigenvalue weighted by Crippen LogP contribution is 2.50. The quantitative estimate of drug-likeness (QED) is 0.434. The summed E-state index contributed by atoms with van der Waals surface area (Å²) in [5.74, 6) is 0. The Hall–Kier alpha value is 0.129. The third kappa shape index (κ3) is 4.15. The Kier molecular flexibility index (Phi) is 7.61. The molecule has 1 rings (SSSR count). The third-order valence-electron chi connectivity index (χ3n) is 3.86. The summed E-state index contributed by atoms with van der Waals surface area (Å²) in [5.41, 5.74) is 4.37. The molecular formula is C8H6B14. The van der Waals surface area contributed by atoms with Crippen LogP contribution in [-0.4, -0.2) is 102 Å². The topological polar surface area (TPSA) is 0 Å². The zero-order valence-electron chi connectivity index (χ0n) is 13.1. The van der Waals surface area contributed by atoms with Crippen molar-refractivity contribution in [2.75, 3.05) is 0 Å². The van der Waals surface area contributed by atoms with Gasteiger partial charge in [-0.3, -0.25) is 0 Å². The third-order valence-corrected chi connectivity index (χ3v) is 3.86. The number of hydrogen-bond donors (Lipinski definition) is 0. The van der Waals surface area contributed by atoms with Gasteiger partial charge in [0.15, 0.2) is 0 Å². The van der Waals surface area contributed by atoms with Crippen LogP contribution in [0, 0.1) is 0 Å². The minimum Gasteiger partial charge on any atom is -0.157 e. The van der Waals surface area contributed by atoms with Crippen LogP contribution in [0.3, 0.4) is 0 Å². The van der Waals surface area contributed by atoms with Crippen LogP contribution in [0.25, 0.3) is 0 Å². The first-order valence-electron chi connectivity index (χ1n) is 6.99. The minimum atomic E-state index is -0.751. The molecule has 18 radical (unpaired) electrons. The van der Waals surface area contributed by atoms with E-state index < -0.39 is 25.9 Å². The molecule has 0 amide bonds. The van der Waals surface area contributed by atoms with Crippen LogP contribution in [0.15, 0.2) is 33.0 Å². The van der Waals surface area contributed by atoms with Gasteiger partial charge in [0.2, 0.25) is 0 Å². The molecule has 1 aliphatic rings. The van der Waals surface area contributed by atoms with Gasteiger partial charge in [-0.2, -0.15) is 5.37 Å². The first-order chi connectivity index (χ1) is 10.2. The molecule has 0 aromatic heterocycles. The Labute approximate surface area is 149 Å². The molecular weight excluding hydrogens is 247 g/mol. The van der Waals surface area contributed by atoms with Crippen LogP contribution < -0.4 is 0 Å². The Morgan fingerprint density at radius 1 is 0.864 bits per heavy atom. The number of rotatable bonds is 6. The standard InChI is InChI=1S/C8H6B14/c1-3(17-9)5-6(4(2)21(14)22(15)16)7(5)8(19(11)12)20(13)18-10/h1-2H3. The van der Waals surface area contributed by atoms with Crippen LogP contribution in [0.1, 0.15) is 13.8 Å². The lowest BCUT2D eigenvalue weighted by molar-refractivity contribution is 1.60. The SMILES string of the molecule is [B][B]B([B])C(B([B])[B])=C1C(=C(C)[B][B])C1=C(C)B([B])B([B])[B]. The molecule has 0 atom stereocenters. The van der Waals surface area contributed by atoms with Gasteiger partial charge in [0.05, 0.1) is 26.7 Å². The van der Waals surface area contributed by atoms with E-state index in [-0.39, 0.29) is 0 Å². The molecule has 1 aliphatic carbocycles. The molecule has 0 aliphatic heterocycles. The Balaban J connectivity index is 3.54. The van der Waals surface area contributed by atoms with Crippen molar-refractivity contribution >= 4 is 102 Å². The van der Waals surface area contributed by atoms with E-state index in [1.807, 2.05) is 13.8 Å². The second-order valence-electron chi connectivity index (χ2n) is 5.46. The summed E-state index contributed by atoms with van der Waals surface area (Å²) in [4.78, 5) is 0. The van der Waals surface area contributed by atoms with Gasteiger partial charge in [-0.15, -0.1) is 10.9 Å². The maximum atomic E-state index is 6.03.